The predicted molar refractivity (Wildman–Crippen MR) is 120 cm³/mol. The molecule has 2 aromatic rings. The van der Waals surface area contributed by atoms with Gasteiger partial charge in [-0.05, 0) is 59.9 Å². The fourth-order valence-corrected chi connectivity index (χ4v) is 3.51. The molecule has 1 fully saturated rings. The van der Waals surface area contributed by atoms with Crippen LogP contribution in [0.25, 0.3) is 12.2 Å². The quantitative estimate of drug-likeness (QED) is 0.394. The van der Waals surface area contributed by atoms with Gasteiger partial charge in [0, 0.05) is 0 Å². The molecule has 1 aliphatic rings. The van der Waals surface area contributed by atoms with Crippen LogP contribution in [0.5, 0.6) is 11.5 Å². The predicted octanol–water partition coefficient (Wildman–Crippen LogP) is 5.38. The molecule has 30 heavy (non-hydrogen) atoms. The zero-order chi connectivity index (χ0) is 21.3. The Labute approximate surface area is 178 Å². The molecular weight excluding hydrogens is 376 g/mol. The summed E-state index contributed by atoms with van der Waals surface area (Å²) in [7, 11) is 3.21. The maximum absolute atomic E-state index is 12.9. The fraction of sp³-hybridized carbons (Fsp3) is 0.308. The van der Waals surface area contributed by atoms with Crippen LogP contribution in [-0.2, 0) is 9.59 Å². The number of benzene rings is 2. The summed E-state index contributed by atoms with van der Waals surface area (Å²) in [5, 5.41) is 0. The van der Waals surface area contributed by atoms with Gasteiger partial charge in [-0.25, -0.2) is 0 Å². The highest BCUT2D eigenvalue weighted by molar-refractivity contribution is 6.13. The lowest BCUT2D eigenvalue weighted by Gasteiger charge is -2.27. The van der Waals surface area contributed by atoms with Crippen molar-refractivity contribution >= 4 is 23.7 Å². The lowest BCUT2D eigenvalue weighted by atomic mass is 9.76. The molecule has 2 aromatic carbocycles. The van der Waals surface area contributed by atoms with Gasteiger partial charge in [-0.3, -0.25) is 9.59 Å². The average Bonchev–Trinajstić information content (AvgIpc) is 2.75. The molecule has 1 aliphatic carbocycles. The highest BCUT2D eigenvalue weighted by Crippen LogP contribution is 2.33. The van der Waals surface area contributed by atoms with Gasteiger partial charge in [-0.15, -0.1) is 0 Å². The summed E-state index contributed by atoms with van der Waals surface area (Å²) in [5.74, 6) is 0.980. The zero-order valence-electron chi connectivity index (χ0n) is 17.5. The minimum atomic E-state index is -0.640. The van der Waals surface area contributed by atoms with Crippen molar-refractivity contribution in [2.24, 2.45) is 11.8 Å². The van der Waals surface area contributed by atoms with E-state index in [1.165, 1.54) is 18.6 Å². The lowest BCUT2D eigenvalue weighted by molar-refractivity contribution is -0.128. The topological polar surface area (TPSA) is 52.6 Å². The van der Waals surface area contributed by atoms with Crippen LogP contribution in [0.15, 0.2) is 60.7 Å². The average molecular weight is 405 g/mol. The van der Waals surface area contributed by atoms with Gasteiger partial charge in [0.2, 0.25) is 0 Å². The van der Waals surface area contributed by atoms with Gasteiger partial charge < -0.3 is 9.47 Å². The maximum atomic E-state index is 12.9. The number of carbonyl (C=O) groups excluding carboxylic acids is 2. The summed E-state index contributed by atoms with van der Waals surface area (Å²) in [5.41, 5.74) is 1.73. The second-order valence-corrected chi connectivity index (χ2v) is 7.61. The van der Waals surface area contributed by atoms with E-state index < -0.39 is 5.92 Å². The molecular formula is C26H28O4. The van der Waals surface area contributed by atoms with Crippen molar-refractivity contribution < 1.29 is 19.1 Å². The maximum Gasteiger partial charge on any atom is 0.166 e. The van der Waals surface area contributed by atoms with Crippen molar-refractivity contribution in [2.45, 2.75) is 25.7 Å². The van der Waals surface area contributed by atoms with E-state index in [4.69, 9.17) is 9.47 Å². The van der Waals surface area contributed by atoms with Crippen LogP contribution >= 0.6 is 0 Å². The summed E-state index contributed by atoms with van der Waals surface area (Å²) in [4.78, 5) is 25.8. The smallest absolute Gasteiger partial charge is 0.166 e. The SMILES string of the molecule is COc1cccc(/C=C/C(=O)C(CC2CCC2)C(=O)/C=C/c2cccc(OC)c2)c1. The van der Waals surface area contributed by atoms with E-state index in [-0.39, 0.29) is 11.6 Å². The second-order valence-electron chi connectivity index (χ2n) is 7.61. The molecule has 3 rings (SSSR count). The van der Waals surface area contributed by atoms with E-state index in [9.17, 15) is 9.59 Å². The first-order chi connectivity index (χ1) is 14.6. The first-order valence-electron chi connectivity index (χ1n) is 10.3. The molecule has 0 amide bonds. The third-order valence-corrected chi connectivity index (χ3v) is 5.55. The third-order valence-electron chi connectivity index (χ3n) is 5.55. The van der Waals surface area contributed by atoms with Crippen molar-refractivity contribution in [3.8, 4) is 11.5 Å². The molecule has 0 heterocycles. The van der Waals surface area contributed by atoms with Gasteiger partial charge in [0.25, 0.3) is 0 Å². The van der Waals surface area contributed by atoms with Crippen molar-refractivity contribution in [1.29, 1.82) is 0 Å². The Morgan fingerprint density at radius 3 is 1.80 bits per heavy atom. The number of hydrogen-bond donors (Lipinski definition) is 0. The van der Waals surface area contributed by atoms with Gasteiger partial charge >= 0.3 is 0 Å². The molecule has 0 N–H and O–H groups in total. The Kier molecular flexibility index (Phi) is 7.61. The normalized spacial score (nSPS) is 14.2. The van der Waals surface area contributed by atoms with Crippen LogP contribution in [0.4, 0.5) is 0 Å². The monoisotopic (exact) mass is 404 g/mol. The van der Waals surface area contributed by atoms with Gasteiger partial charge in [0.1, 0.15) is 11.5 Å². The van der Waals surface area contributed by atoms with Gasteiger partial charge in [-0.2, -0.15) is 0 Å². The molecule has 0 spiro atoms. The summed E-state index contributed by atoms with van der Waals surface area (Å²) in [6, 6.07) is 15.0. The summed E-state index contributed by atoms with van der Waals surface area (Å²) in [6.45, 7) is 0. The molecule has 0 aliphatic heterocycles. The molecule has 0 bridgehead atoms. The molecule has 0 aromatic heterocycles. The van der Waals surface area contributed by atoms with E-state index in [2.05, 4.69) is 0 Å². The van der Waals surface area contributed by atoms with Crippen molar-refractivity contribution in [1.82, 2.24) is 0 Å². The van der Waals surface area contributed by atoms with Gasteiger partial charge in [0.15, 0.2) is 11.6 Å². The van der Waals surface area contributed by atoms with Crippen molar-refractivity contribution in [2.75, 3.05) is 14.2 Å². The Hall–Kier alpha value is -3.14. The highest BCUT2D eigenvalue weighted by Gasteiger charge is 2.29. The van der Waals surface area contributed by atoms with E-state index in [0.717, 1.165) is 35.5 Å². The zero-order valence-corrected chi connectivity index (χ0v) is 17.5. The molecule has 0 saturated heterocycles. The van der Waals surface area contributed by atoms with Crippen molar-refractivity contribution in [3.05, 3.63) is 71.8 Å². The van der Waals surface area contributed by atoms with Crippen LogP contribution < -0.4 is 9.47 Å². The minimum absolute atomic E-state index is 0.148. The summed E-state index contributed by atoms with van der Waals surface area (Å²) >= 11 is 0. The van der Waals surface area contributed by atoms with Crippen LogP contribution in [0.3, 0.4) is 0 Å². The standard InChI is InChI=1S/C26H28O4/c1-29-22-10-4-8-20(16-22)12-14-25(27)24(18-19-6-3-7-19)26(28)15-13-21-9-5-11-23(17-21)30-2/h4-5,8-17,19,24H,3,6-7,18H2,1-2H3/b14-12+,15-13+. The fourth-order valence-electron chi connectivity index (χ4n) is 3.51. The van der Waals surface area contributed by atoms with Crippen LogP contribution in [0.1, 0.15) is 36.8 Å². The molecule has 4 heteroatoms. The van der Waals surface area contributed by atoms with Crippen LogP contribution in [0, 0.1) is 11.8 Å². The summed E-state index contributed by atoms with van der Waals surface area (Å²) in [6.07, 6.45) is 10.5. The highest BCUT2D eigenvalue weighted by atomic mass is 16.5. The van der Waals surface area contributed by atoms with E-state index in [1.54, 1.807) is 26.4 Å². The van der Waals surface area contributed by atoms with Gasteiger partial charge in [-0.1, -0.05) is 55.7 Å². The number of rotatable bonds is 10. The molecule has 0 atom stereocenters. The third kappa shape index (κ3) is 5.93. The Morgan fingerprint density at radius 1 is 0.900 bits per heavy atom. The molecule has 0 unspecified atom stereocenters. The number of hydrogen-bond acceptors (Lipinski definition) is 4. The number of allylic oxidation sites excluding steroid dienone is 2. The Morgan fingerprint density at radius 2 is 1.40 bits per heavy atom. The first kappa shape index (κ1) is 21.6. The Balaban J connectivity index is 1.73. The molecule has 156 valence electrons. The molecule has 1 saturated carbocycles. The second kappa shape index (κ2) is 10.6. The van der Waals surface area contributed by atoms with Crippen LogP contribution in [0.2, 0.25) is 0 Å². The molecule has 0 radical (unpaired) electrons. The van der Waals surface area contributed by atoms with E-state index in [1.807, 2.05) is 48.5 Å². The van der Waals surface area contributed by atoms with E-state index in [0.29, 0.717) is 12.3 Å². The van der Waals surface area contributed by atoms with Crippen molar-refractivity contribution in [3.63, 3.8) is 0 Å². The minimum Gasteiger partial charge on any atom is -0.497 e. The van der Waals surface area contributed by atoms with Crippen LogP contribution in [-0.4, -0.2) is 25.8 Å². The Bertz CT molecular complexity index is 868. The number of ether oxygens (including phenoxy) is 2. The largest absolute Gasteiger partial charge is 0.497 e. The number of ketones is 2. The summed E-state index contributed by atoms with van der Waals surface area (Å²) < 4.78 is 10.4. The van der Waals surface area contributed by atoms with E-state index >= 15 is 0 Å². The molecule has 4 nitrogen and oxygen atoms in total. The van der Waals surface area contributed by atoms with Gasteiger partial charge in [0.05, 0.1) is 20.1 Å². The lowest BCUT2D eigenvalue weighted by Crippen LogP contribution is -2.26. The number of methoxy groups -OCH3 is 2. The first-order valence-corrected chi connectivity index (χ1v) is 10.3. The number of carbonyl (C=O) groups is 2.